The van der Waals surface area contributed by atoms with E-state index in [0.29, 0.717) is 0 Å². The second kappa shape index (κ2) is 14.7. The molecule has 0 atom stereocenters. The quantitative estimate of drug-likeness (QED) is 0.233. The first-order chi connectivity index (χ1) is 7.35. The largest absolute Gasteiger partial charge is 0.382 e. The lowest BCUT2D eigenvalue weighted by Gasteiger charge is -2.09. The third kappa shape index (κ3) is 11.8. The Labute approximate surface area is 116 Å². The van der Waals surface area contributed by atoms with Gasteiger partial charge < -0.3 is 15.4 Å². The Morgan fingerprint density at radius 1 is 1.38 bits per heavy atom. The topological polar surface area (TPSA) is 45.7 Å². The fourth-order valence-electron chi connectivity index (χ4n) is 1.01. The maximum absolute atomic E-state index is 5.23. The highest BCUT2D eigenvalue weighted by atomic mass is 127. The third-order valence-corrected chi connectivity index (χ3v) is 1.68. The molecular weight excluding hydrogens is 317 g/mol. The van der Waals surface area contributed by atoms with Crippen LogP contribution >= 0.6 is 24.0 Å². The van der Waals surface area contributed by atoms with Crippen LogP contribution in [0.25, 0.3) is 0 Å². The lowest BCUT2D eigenvalue weighted by atomic mass is 10.4. The van der Waals surface area contributed by atoms with Crippen molar-refractivity contribution >= 4 is 29.9 Å². The first-order valence-electron chi connectivity index (χ1n) is 5.56. The number of aliphatic imine (C=N–C) groups is 1. The summed E-state index contributed by atoms with van der Waals surface area (Å²) in [6, 6.07) is 0. The van der Waals surface area contributed by atoms with Gasteiger partial charge in [0.25, 0.3) is 0 Å². The van der Waals surface area contributed by atoms with Crippen LogP contribution in [-0.2, 0) is 4.74 Å². The van der Waals surface area contributed by atoms with Gasteiger partial charge in [0.05, 0.1) is 0 Å². The minimum absolute atomic E-state index is 0. The average Bonchev–Trinajstić information content (AvgIpc) is 2.25. The van der Waals surface area contributed by atoms with Crippen LogP contribution in [0.3, 0.4) is 0 Å². The molecule has 0 fully saturated rings. The molecule has 16 heavy (non-hydrogen) atoms. The lowest BCUT2D eigenvalue weighted by Crippen LogP contribution is -2.37. The van der Waals surface area contributed by atoms with Crippen molar-refractivity contribution < 1.29 is 4.74 Å². The molecule has 4 nitrogen and oxygen atoms in total. The van der Waals surface area contributed by atoms with Gasteiger partial charge in [-0.1, -0.05) is 6.08 Å². The molecule has 2 N–H and O–H groups in total. The van der Waals surface area contributed by atoms with Gasteiger partial charge in [-0.25, -0.2) is 0 Å². The SMILES string of the molecule is C=CCNC(=NCCCOCC)NCC.I. The summed E-state index contributed by atoms with van der Waals surface area (Å²) in [6.45, 7) is 11.6. The van der Waals surface area contributed by atoms with Crippen molar-refractivity contribution in [2.45, 2.75) is 20.3 Å². The van der Waals surface area contributed by atoms with Gasteiger partial charge in [-0.15, -0.1) is 30.6 Å². The minimum Gasteiger partial charge on any atom is -0.382 e. The third-order valence-electron chi connectivity index (χ3n) is 1.68. The van der Waals surface area contributed by atoms with Gasteiger partial charge in [-0.05, 0) is 20.3 Å². The van der Waals surface area contributed by atoms with Crippen LogP contribution in [0.15, 0.2) is 17.6 Å². The number of guanidine groups is 1. The molecule has 0 spiro atoms. The monoisotopic (exact) mass is 341 g/mol. The van der Waals surface area contributed by atoms with Crippen molar-refractivity contribution in [1.29, 1.82) is 0 Å². The molecule has 0 aliphatic heterocycles. The predicted molar refractivity (Wildman–Crippen MR) is 80.7 cm³/mol. The summed E-state index contributed by atoms with van der Waals surface area (Å²) in [5.41, 5.74) is 0. The molecule has 0 aromatic carbocycles. The van der Waals surface area contributed by atoms with Crippen molar-refractivity contribution in [2.24, 2.45) is 4.99 Å². The molecule has 0 aliphatic carbocycles. The van der Waals surface area contributed by atoms with Gasteiger partial charge in [0.15, 0.2) is 5.96 Å². The van der Waals surface area contributed by atoms with E-state index in [2.05, 4.69) is 22.2 Å². The summed E-state index contributed by atoms with van der Waals surface area (Å²) in [5, 5.41) is 6.30. The standard InChI is InChI=1S/C11H23N3O.HI/c1-4-8-13-11(12-5-2)14-9-7-10-15-6-3;/h4H,1,5-10H2,2-3H3,(H2,12,13,14);1H. The Bertz CT molecular complexity index is 186. The maximum Gasteiger partial charge on any atom is 0.191 e. The van der Waals surface area contributed by atoms with Crippen molar-refractivity contribution in [3.8, 4) is 0 Å². The molecule has 0 rings (SSSR count). The fraction of sp³-hybridized carbons (Fsp3) is 0.727. The van der Waals surface area contributed by atoms with E-state index < -0.39 is 0 Å². The first-order valence-corrected chi connectivity index (χ1v) is 5.56. The van der Waals surface area contributed by atoms with Crippen LogP contribution < -0.4 is 10.6 Å². The highest BCUT2D eigenvalue weighted by Gasteiger charge is 1.93. The summed E-state index contributed by atoms with van der Waals surface area (Å²) >= 11 is 0. The van der Waals surface area contributed by atoms with Crippen LogP contribution in [0, 0.1) is 0 Å². The van der Waals surface area contributed by atoms with Gasteiger partial charge in [-0.2, -0.15) is 0 Å². The van der Waals surface area contributed by atoms with Gasteiger partial charge in [0, 0.05) is 32.8 Å². The Morgan fingerprint density at radius 2 is 2.12 bits per heavy atom. The predicted octanol–water partition coefficient (Wildman–Crippen LogP) is 1.77. The molecule has 0 saturated heterocycles. The second-order valence-corrected chi connectivity index (χ2v) is 2.98. The molecule has 0 heterocycles. The molecule has 0 aromatic rings. The van der Waals surface area contributed by atoms with Crippen molar-refractivity contribution in [3.05, 3.63) is 12.7 Å². The van der Waals surface area contributed by atoms with E-state index in [1.807, 2.05) is 19.9 Å². The zero-order valence-corrected chi connectivity index (χ0v) is 12.6. The van der Waals surface area contributed by atoms with Gasteiger partial charge in [-0.3, -0.25) is 4.99 Å². The highest BCUT2D eigenvalue weighted by molar-refractivity contribution is 14.0. The molecule has 0 aliphatic rings. The van der Waals surface area contributed by atoms with Crippen LogP contribution in [-0.4, -0.2) is 38.8 Å². The molecule has 0 aromatic heterocycles. The van der Waals surface area contributed by atoms with E-state index >= 15 is 0 Å². The van der Waals surface area contributed by atoms with E-state index in [9.17, 15) is 0 Å². The van der Waals surface area contributed by atoms with Gasteiger partial charge in [0.2, 0.25) is 0 Å². The number of halogens is 1. The van der Waals surface area contributed by atoms with Crippen LogP contribution in [0.5, 0.6) is 0 Å². The molecule has 0 radical (unpaired) electrons. The molecule has 0 saturated carbocycles. The summed E-state index contributed by atoms with van der Waals surface area (Å²) in [5.74, 6) is 0.842. The van der Waals surface area contributed by atoms with Gasteiger partial charge >= 0.3 is 0 Å². The van der Waals surface area contributed by atoms with E-state index in [1.54, 1.807) is 0 Å². The van der Waals surface area contributed by atoms with E-state index in [0.717, 1.165) is 45.2 Å². The summed E-state index contributed by atoms with van der Waals surface area (Å²) in [6.07, 6.45) is 2.77. The summed E-state index contributed by atoms with van der Waals surface area (Å²) in [7, 11) is 0. The van der Waals surface area contributed by atoms with E-state index in [4.69, 9.17) is 4.74 Å². The minimum atomic E-state index is 0. The number of hydrogen-bond donors (Lipinski definition) is 2. The zero-order valence-electron chi connectivity index (χ0n) is 10.3. The molecule has 0 bridgehead atoms. The Morgan fingerprint density at radius 3 is 2.69 bits per heavy atom. The number of rotatable bonds is 8. The first kappa shape index (κ1) is 18.1. The van der Waals surface area contributed by atoms with Crippen molar-refractivity contribution in [1.82, 2.24) is 10.6 Å². The molecule has 96 valence electrons. The highest BCUT2D eigenvalue weighted by Crippen LogP contribution is 1.84. The zero-order chi connectivity index (χ0) is 11.4. The Hall–Kier alpha value is -0.300. The van der Waals surface area contributed by atoms with Crippen LogP contribution in [0.1, 0.15) is 20.3 Å². The number of ether oxygens (including phenoxy) is 1. The van der Waals surface area contributed by atoms with Crippen LogP contribution in [0.2, 0.25) is 0 Å². The maximum atomic E-state index is 5.23. The van der Waals surface area contributed by atoms with Gasteiger partial charge in [0.1, 0.15) is 0 Å². The van der Waals surface area contributed by atoms with Crippen molar-refractivity contribution in [2.75, 3.05) is 32.8 Å². The molecular formula is C11H24IN3O. The Balaban J connectivity index is 0. The fourth-order valence-corrected chi connectivity index (χ4v) is 1.01. The normalized spacial score (nSPS) is 10.5. The van der Waals surface area contributed by atoms with Crippen LogP contribution in [0.4, 0.5) is 0 Å². The molecule has 0 amide bonds. The summed E-state index contributed by atoms with van der Waals surface area (Å²) in [4.78, 5) is 4.39. The Kier molecular flexibility index (Phi) is 16.6. The number of hydrogen-bond acceptors (Lipinski definition) is 2. The van der Waals surface area contributed by atoms with E-state index in [-0.39, 0.29) is 24.0 Å². The van der Waals surface area contributed by atoms with Crippen molar-refractivity contribution in [3.63, 3.8) is 0 Å². The summed E-state index contributed by atoms with van der Waals surface area (Å²) < 4.78 is 5.23. The molecule has 0 unspecified atom stereocenters. The lowest BCUT2D eigenvalue weighted by molar-refractivity contribution is 0.146. The second-order valence-electron chi connectivity index (χ2n) is 2.98. The molecule has 5 heteroatoms. The smallest absolute Gasteiger partial charge is 0.191 e. The number of nitrogens with one attached hydrogen (secondary N) is 2. The average molecular weight is 341 g/mol. The van der Waals surface area contributed by atoms with E-state index in [1.165, 1.54) is 0 Å². The number of nitrogens with zero attached hydrogens (tertiary/aromatic N) is 1.